The van der Waals surface area contributed by atoms with Crippen molar-refractivity contribution < 1.29 is 4.74 Å². The van der Waals surface area contributed by atoms with Crippen LogP contribution in [0.5, 0.6) is 0 Å². The molecule has 0 saturated carbocycles. The molecule has 2 heteroatoms. The third-order valence-electron chi connectivity index (χ3n) is 3.32. The molecule has 1 aromatic carbocycles. The van der Waals surface area contributed by atoms with Crippen molar-refractivity contribution in [1.29, 1.82) is 0 Å². The Kier molecular flexibility index (Phi) is 3.97. The molecule has 2 nitrogen and oxygen atoms in total. The maximum absolute atomic E-state index is 6.18. The Balaban J connectivity index is 1.87. The number of fused-ring (bicyclic) bond motifs is 1. The van der Waals surface area contributed by atoms with Gasteiger partial charge >= 0.3 is 0 Å². The van der Waals surface area contributed by atoms with Gasteiger partial charge in [-0.2, -0.15) is 0 Å². The largest absolute Gasteiger partial charge is 0.376 e. The lowest BCUT2D eigenvalue weighted by atomic mass is 10.1. The molecule has 0 fully saturated rings. The summed E-state index contributed by atoms with van der Waals surface area (Å²) >= 11 is 0. The first-order valence-electron chi connectivity index (χ1n) is 6.28. The van der Waals surface area contributed by atoms with Gasteiger partial charge in [-0.1, -0.05) is 44.0 Å². The Hall–Kier alpha value is -0.860. The van der Waals surface area contributed by atoms with Gasteiger partial charge in [-0.25, -0.2) is 0 Å². The SMILES string of the molecule is CCCCCOC1Cc2ccccc2C1N. The summed E-state index contributed by atoms with van der Waals surface area (Å²) in [4.78, 5) is 0. The lowest BCUT2D eigenvalue weighted by Crippen LogP contribution is -2.25. The summed E-state index contributed by atoms with van der Waals surface area (Å²) < 4.78 is 5.87. The van der Waals surface area contributed by atoms with Crippen LogP contribution >= 0.6 is 0 Å². The first-order valence-corrected chi connectivity index (χ1v) is 6.28. The average molecular weight is 219 g/mol. The van der Waals surface area contributed by atoms with Gasteiger partial charge < -0.3 is 10.5 Å². The molecular weight excluding hydrogens is 198 g/mol. The molecule has 2 unspecified atom stereocenters. The summed E-state index contributed by atoms with van der Waals surface area (Å²) in [6, 6.07) is 8.47. The van der Waals surface area contributed by atoms with E-state index in [2.05, 4.69) is 31.2 Å². The quantitative estimate of drug-likeness (QED) is 0.773. The second kappa shape index (κ2) is 5.46. The summed E-state index contributed by atoms with van der Waals surface area (Å²) in [5, 5.41) is 0. The molecule has 0 amide bonds. The highest BCUT2D eigenvalue weighted by atomic mass is 16.5. The van der Waals surface area contributed by atoms with E-state index in [0.29, 0.717) is 0 Å². The molecule has 0 radical (unpaired) electrons. The maximum atomic E-state index is 6.18. The number of unbranched alkanes of at least 4 members (excludes halogenated alkanes) is 2. The van der Waals surface area contributed by atoms with Gasteiger partial charge in [0.2, 0.25) is 0 Å². The van der Waals surface area contributed by atoms with Crippen molar-refractivity contribution in [3.8, 4) is 0 Å². The van der Waals surface area contributed by atoms with E-state index in [4.69, 9.17) is 10.5 Å². The minimum atomic E-state index is 0.0674. The van der Waals surface area contributed by atoms with Crippen LogP contribution in [0, 0.1) is 0 Å². The predicted molar refractivity (Wildman–Crippen MR) is 66.3 cm³/mol. The van der Waals surface area contributed by atoms with Gasteiger partial charge in [-0.3, -0.25) is 0 Å². The van der Waals surface area contributed by atoms with Crippen LogP contribution in [0.1, 0.15) is 43.4 Å². The van der Waals surface area contributed by atoms with E-state index in [1.165, 1.54) is 24.0 Å². The van der Waals surface area contributed by atoms with Crippen LogP contribution in [0.15, 0.2) is 24.3 Å². The summed E-state index contributed by atoms with van der Waals surface area (Å²) in [6.45, 7) is 3.05. The van der Waals surface area contributed by atoms with Crippen molar-refractivity contribution in [3.05, 3.63) is 35.4 Å². The minimum Gasteiger partial charge on any atom is -0.376 e. The van der Waals surface area contributed by atoms with Gasteiger partial charge in [0.05, 0.1) is 12.1 Å². The highest BCUT2D eigenvalue weighted by molar-refractivity contribution is 5.36. The fourth-order valence-corrected chi connectivity index (χ4v) is 2.34. The summed E-state index contributed by atoms with van der Waals surface area (Å²) in [6.07, 6.45) is 4.80. The predicted octanol–water partition coefficient (Wildman–Crippen LogP) is 2.82. The molecule has 2 atom stereocenters. The number of hydrogen-bond acceptors (Lipinski definition) is 2. The third-order valence-corrected chi connectivity index (χ3v) is 3.32. The van der Waals surface area contributed by atoms with E-state index in [1.54, 1.807) is 0 Å². The van der Waals surface area contributed by atoms with Crippen molar-refractivity contribution in [3.63, 3.8) is 0 Å². The lowest BCUT2D eigenvalue weighted by molar-refractivity contribution is 0.0413. The summed E-state index contributed by atoms with van der Waals surface area (Å²) in [5.41, 5.74) is 8.80. The van der Waals surface area contributed by atoms with Crippen LogP contribution in [0.3, 0.4) is 0 Å². The molecule has 0 bridgehead atoms. The molecule has 0 aromatic heterocycles. The van der Waals surface area contributed by atoms with Gasteiger partial charge in [-0.05, 0) is 17.5 Å². The third kappa shape index (κ3) is 2.45. The molecular formula is C14H21NO. The highest BCUT2D eigenvalue weighted by Crippen LogP contribution is 2.31. The molecule has 2 N–H and O–H groups in total. The topological polar surface area (TPSA) is 35.2 Å². The monoisotopic (exact) mass is 219 g/mol. The zero-order chi connectivity index (χ0) is 11.4. The highest BCUT2D eigenvalue weighted by Gasteiger charge is 2.29. The molecule has 1 aliphatic carbocycles. The van der Waals surface area contributed by atoms with E-state index in [1.807, 2.05) is 0 Å². The van der Waals surface area contributed by atoms with Crippen molar-refractivity contribution in [2.24, 2.45) is 5.73 Å². The molecule has 0 spiro atoms. The Bertz CT molecular complexity index is 337. The Morgan fingerprint density at radius 3 is 2.88 bits per heavy atom. The molecule has 88 valence electrons. The molecule has 2 rings (SSSR count). The fraction of sp³-hybridized carbons (Fsp3) is 0.571. The second-order valence-corrected chi connectivity index (χ2v) is 4.55. The number of benzene rings is 1. The Morgan fingerprint density at radius 1 is 1.31 bits per heavy atom. The van der Waals surface area contributed by atoms with Crippen molar-refractivity contribution in [1.82, 2.24) is 0 Å². The first kappa shape index (κ1) is 11.6. The molecule has 0 saturated heterocycles. The van der Waals surface area contributed by atoms with Crippen molar-refractivity contribution in [2.45, 2.75) is 44.8 Å². The standard InChI is InChI=1S/C14H21NO/c1-2-3-6-9-16-13-10-11-7-4-5-8-12(11)14(13)15/h4-5,7-8,13-14H,2-3,6,9-10,15H2,1H3. The lowest BCUT2D eigenvalue weighted by Gasteiger charge is -2.16. The van der Waals surface area contributed by atoms with Crippen molar-refractivity contribution in [2.75, 3.05) is 6.61 Å². The van der Waals surface area contributed by atoms with Crippen LogP contribution in [0.4, 0.5) is 0 Å². The molecule has 0 heterocycles. The number of ether oxygens (including phenoxy) is 1. The van der Waals surface area contributed by atoms with Crippen LogP contribution in [0.2, 0.25) is 0 Å². The minimum absolute atomic E-state index is 0.0674. The van der Waals surface area contributed by atoms with E-state index >= 15 is 0 Å². The maximum Gasteiger partial charge on any atom is 0.0808 e. The van der Waals surface area contributed by atoms with E-state index in [0.717, 1.165) is 19.4 Å². The molecule has 1 aliphatic rings. The number of nitrogens with two attached hydrogens (primary N) is 1. The van der Waals surface area contributed by atoms with Gasteiger partial charge in [0.25, 0.3) is 0 Å². The summed E-state index contributed by atoms with van der Waals surface area (Å²) in [5.74, 6) is 0. The zero-order valence-corrected chi connectivity index (χ0v) is 9.99. The smallest absolute Gasteiger partial charge is 0.0808 e. The van der Waals surface area contributed by atoms with Crippen LogP contribution in [0.25, 0.3) is 0 Å². The van der Waals surface area contributed by atoms with Gasteiger partial charge in [-0.15, -0.1) is 0 Å². The molecule has 1 aromatic rings. The first-order chi connectivity index (χ1) is 7.83. The number of rotatable bonds is 5. The van der Waals surface area contributed by atoms with E-state index in [9.17, 15) is 0 Å². The molecule has 0 aliphatic heterocycles. The molecule has 16 heavy (non-hydrogen) atoms. The zero-order valence-electron chi connectivity index (χ0n) is 9.99. The van der Waals surface area contributed by atoms with Crippen LogP contribution in [-0.2, 0) is 11.2 Å². The van der Waals surface area contributed by atoms with Gasteiger partial charge in [0, 0.05) is 13.0 Å². The van der Waals surface area contributed by atoms with Crippen LogP contribution in [-0.4, -0.2) is 12.7 Å². The van der Waals surface area contributed by atoms with Crippen molar-refractivity contribution >= 4 is 0 Å². The fourth-order valence-electron chi connectivity index (χ4n) is 2.34. The van der Waals surface area contributed by atoms with E-state index in [-0.39, 0.29) is 12.1 Å². The Labute approximate surface area is 97.8 Å². The summed E-state index contributed by atoms with van der Waals surface area (Å²) in [7, 11) is 0. The van der Waals surface area contributed by atoms with Gasteiger partial charge in [0.15, 0.2) is 0 Å². The Morgan fingerprint density at radius 2 is 2.12 bits per heavy atom. The number of hydrogen-bond donors (Lipinski definition) is 1. The van der Waals surface area contributed by atoms with Crippen LogP contribution < -0.4 is 5.73 Å². The average Bonchev–Trinajstić information content (AvgIpc) is 2.63. The van der Waals surface area contributed by atoms with Gasteiger partial charge in [0.1, 0.15) is 0 Å². The second-order valence-electron chi connectivity index (χ2n) is 4.55. The van der Waals surface area contributed by atoms with E-state index < -0.39 is 0 Å². The normalized spacial score (nSPS) is 23.4.